The van der Waals surface area contributed by atoms with Crippen LogP contribution in [0.4, 0.5) is 0 Å². The summed E-state index contributed by atoms with van der Waals surface area (Å²) in [6.07, 6.45) is 6.85. The van der Waals surface area contributed by atoms with Crippen molar-refractivity contribution in [2.24, 2.45) is 0 Å². The Morgan fingerprint density at radius 2 is 1.74 bits per heavy atom. The molecule has 23 heavy (non-hydrogen) atoms. The fourth-order valence-corrected chi connectivity index (χ4v) is 1.92. The predicted octanol–water partition coefficient (Wildman–Crippen LogP) is 3.46. The first-order chi connectivity index (χ1) is 11.1. The minimum atomic E-state index is -0.999. The third-order valence-electron chi connectivity index (χ3n) is 3.08. The van der Waals surface area contributed by atoms with Crippen LogP contribution >= 0.6 is 0 Å². The van der Waals surface area contributed by atoms with Gasteiger partial charge in [-0.25, -0.2) is 4.79 Å². The molecule has 2 rings (SSSR count). The molecule has 0 bridgehead atoms. The zero-order valence-corrected chi connectivity index (χ0v) is 12.2. The predicted molar refractivity (Wildman–Crippen MR) is 87.7 cm³/mol. The Hall–Kier alpha value is -3.50. The number of allylic oxidation sites excluding steroid dienone is 1. The number of benzene rings is 2. The standard InChI is InChI=1S/C19H13NO3/c1-2-11-23-18-9-3-14(4-10-18)12-17(13-20)15-5-7-16(8-6-15)19(21)22/h1,3-10,12H,11H2,(H,21,22)/b17-12-. The number of hydrogen-bond donors (Lipinski definition) is 1. The highest BCUT2D eigenvalue weighted by atomic mass is 16.5. The van der Waals surface area contributed by atoms with Crippen LogP contribution < -0.4 is 4.74 Å². The van der Waals surface area contributed by atoms with Crippen molar-refractivity contribution < 1.29 is 14.6 Å². The maximum absolute atomic E-state index is 10.8. The molecule has 0 aromatic heterocycles. The molecule has 0 aliphatic heterocycles. The van der Waals surface area contributed by atoms with Crippen molar-refractivity contribution in [2.45, 2.75) is 0 Å². The Labute approximate surface area is 134 Å². The Kier molecular flexibility index (Phi) is 5.17. The fraction of sp³-hybridized carbons (Fsp3) is 0.0526. The van der Waals surface area contributed by atoms with Gasteiger partial charge in [0.1, 0.15) is 12.4 Å². The SMILES string of the molecule is C#CCOc1ccc(/C=C(/C#N)c2ccc(C(=O)O)cc2)cc1. The normalized spacial score (nSPS) is 10.4. The van der Waals surface area contributed by atoms with Crippen LogP contribution in [0.15, 0.2) is 48.5 Å². The molecule has 112 valence electrons. The maximum atomic E-state index is 10.8. The highest BCUT2D eigenvalue weighted by Gasteiger charge is 2.05. The van der Waals surface area contributed by atoms with Crippen LogP contribution in [0, 0.1) is 23.7 Å². The first kappa shape index (κ1) is 15.9. The summed E-state index contributed by atoms with van der Waals surface area (Å²) in [4.78, 5) is 10.8. The van der Waals surface area contributed by atoms with Crippen molar-refractivity contribution in [2.75, 3.05) is 6.61 Å². The summed E-state index contributed by atoms with van der Waals surface area (Å²) in [6.45, 7) is 0.203. The van der Waals surface area contributed by atoms with E-state index in [1.54, 1.807) is 30.3 Å². The lowest BCUT2D eigenvalue weighted by Crippen LogP contribution is -1.95. The van der Waals surface area contributed by atoms with Gasteiger partial charge >= 0.3 is 5.97 Å². The third kappa shape index (κ3) is 4.23. The minimum Gasteiger partial charge on any atom is -0.481 e. The summed E-state index contributed by atoms with van der Waals surface area (Å²) in [5, 5.41) is 18.2. The van der Waals surface area contributed by atoms with Gasteiger partial charge in [-0.05, 0) is 41.5 Å². The number of ether oxygens (including phenoxy) is 1. The van der Waals surface area contributed by atoms with Gasteiger partial charge in [-0.15, -0.1) is 6.42 Å². The Morgan fingerprint density at radius 3 is 2.26 bits per heavy atom. The summed E-state index contributed by atoms with van der Waals surface area (Å²) < 4.78 is 5.28. The number of carboxylic acid groups (broad SMARTS) is 1. The second-order valence-electron chi connectivity index (χ2n) is 4.61. The van der Waals surface area contributed by atoms with Gasteiger partial charge in [-0.2, -0.15) is 5.26 Å². The number of carbonyl (C=O) groups is 1. The quantitative estimate of drug-likeness (QED) is 0.521. The van der Waals surface area contributed by atoms with Crippen LogP contribution in [-0.4, -0.2) is 17.7 Å². The number of nitrogens with zero attached hydrogens (tertiary/aromatic N) is 1. The lowest BCUT2D eigenvalue weighted by atomic mass is 10.0. The smallest absolute Gasteiger partial charge is 0.335 e. The fourth-order valence-electron chi connectivity index (χ4n) is 1.92. The number of carboxylic acids is 1. The molecule has 0 saturated heterocycles. The van der Waals surface area contributed by atoms with Crippen molar-refractivity contribution in [1.82, 2.24) is 0 Å². The highest BCUT2D eigenvalue weighted by molar-refractivity contribution is 5.92. The van der Waals surface area contributed by atoms with E-state index >= 15 is 0 Å². The van der Waals surface area contributed by atoms with Gasteiger partial charge in [-0.3, -0.25) is 0 Å². The van der Waals surface area contributed by atoms with Gasteiger partial charge in [-0.1, -0.05) is 30.2 Å². The van der Waals surface area contributed by atoms with Crippen LogP contribution in [0.5, 0.6) is 5.75 Å². The van der Waals surface area contributed by atoms with E-state index in [1.807, 2.05) is 12.1 Å². The van der Waals surface area contributed by atoms with Gasteiger partial charge in [0.15, 0.2) is 0 Å². The monoisotopic (exact) mass is 303 g/mol. The minimum absolute atomic E-state index is 0.182. The van der Waals surface area contributed by atoms with Crippen LogP contribution in [-0.2, 0) is 0 Å². The molecule has 2 aromatic rings. The topological polar surface area (TPSA) is 70.3 Å². The third-order valence-corrected chi connectivity index (χ3v) is 3.08. The lowest BCUT2D eigenvalue weighted by Gasteiger charge is -2.03. The summed E-state index contributed by atoms with van der Waals surface area (Å²) in [5.41, 5.74) is 2.11. The van der Waals surface area contributed by atoms with Crippen molar-refractivity contribution in [3.05, 3.63) is 65.2 Å². The average Bonchev–Trinajstić information content (AvgIpc) is 2.59. The van der Waals surface area contributed by atoms with Crippen molar-refractivity contribution >= 4 is 17.6 Å². The summed E-state index contributed by atoms with van der Waals surface area (Å²) >= 11 is 0. The Morgan fingerprint density at radius 1 is 1.13 bits per heavy atom. The largest absolute Gasteiger partial charge is 0.481 e. The second kappa shape index (κ2) is 7.49. The molecule has 0 saturated carbocycles. The molecule has 0 aliphatic carbocycles. The highest BCUT2D eigenvalue weighted by Crippen LogP contribution is 2.20. The number of rotatable bonds is 5. The molecule has 4 heteroatoms. The van der Waals surface area contributed by atoms with Gasteiger partial charge in [0, 0.05) is 0 Å². The summed E-state index contributed by atoms with van der Waals surface area (Å²) in [7, 11) is 0. The number of terminal acetylenes is 1. The van der Waals surface area contributed by atoms with E-state index in [-0.39, 0.29) is 12.2 Å². The molecule has 0 radical (unpaired) electrons. The van der Waals surface area contributed by atoms with Gasteiger partial charge < -0.3 is 9.84 Å². The average molecular weight is 303 g/mol. The van der Waals surface area contributed by atoms with Crippen LogP contribution in [0.1, 0.15) is 21.5 Å². The van der Waals surface area contributed by atoms with Crippen molar-refractivity contribution in [3.8, 4) is 24.2 Å². The van der Waals surface area contributed by atoms with E-state index < -0.39 is 5.97 Å². The molecular weight excluding hydrogens is 290 g/mol. The van der Waals surface area contributed by atoms with Crippen LogP contribution in [0.2, 0.25) is 0 Å². The van der Waals surface area contributed by atoms with Crippen molar-refractivity contribution in [3.63, 3.8) is 0 Å². The number of hydrogen-bond acceptors (Lipinski definition) is 3. The molecule has 1 N–H and O–H groups in total. The molecule has 0 atom stereocenters. The van der Waals surface area contributed by atoms with E-state index in [1.165, 1.54) is 12.1 Å². The second-order valence-corrected chi connectivity index (χ2v) is 4.61. The summed E-state index contributed by atoms with van der Waals surface area (Å²) in [5.74, 6) is 2.05. The molecule has 2 aromatic carbocycles. The molecule has 0 spiro atoms. The summed E-state index contributed by atoms with van der Waals surface area (Å²) in [6, 6.07) is 15.5. The molecule has 0 aliphatic rings. The molecule has 0 amide bonds. The zero-order chi connectivity index (χ0) is 16.7. The van der Waals surface area contributed by atoms with Crippen LogP contribution in [0.25, 0.3) is 11.6 Å². The first-order valence-corrected chi connectivity index (χ1v) is 6.76. The maximum Gasteiger partial charge on any atom is 0.335 e. The van der Waals surface area contributed by atoms with Crippen LogP contribution in [0.3, 0.4) is 0 Å². The van der Waals surface area contributed by atoms with Gasteiger partial charge in [0.25, 0.3) is 0 Å². The Balaban J connectivity index is 2.23. The molecule has 4 nitrogen and oxygen atoms in total. The molecule has 0 unspecified atom stereocenters. The first-order valence-electron chi connectivity index (χ1n) is 6.76. The molecule has 0 heterocycles. The van der Waals surface area contributed by atoms with E-state index in [2.05, 4.69) is 12.0 Å². The van der Waals surface area contributed by atoms with E-state index in [9.17, 15) is 10.1 Å². The van der Waals surface area contributed by atoms with E-state index in [0.29, 0.717) is 16.9 Å². The number of nitriles is 1. The molecule has 0 fully saturated rings. The van der Waals surface area contributed by atoms with E-state index in [4.69, 9.17) is 16.3 Å². The van der Waals surface area contributed by atoms with E-state index in [0.717, 1.165) is 5.56 Å². The van der Waals surface area contributed by atoms with Gasteiger partial charge in [0.05, 0.1) is 17.2 Å². The number of aromatic carboxylic acids is 1. The zero-order valence-electron chi connectivity index (χ0n) is 12.2. The lowest BCUT2D eigenvalue weighted by molar-refractivity contribution is 0.0697. The molecular formula is C19H13NO3. The Bertz CT molecular complexity index is 804. The van der Waals surface area contributed by atoms with Gasteiger partial charge in [0.2, 0.25) is 0 Å². The van der Waals surface area contributed by atoms with Crippen molar-refractivity contribution in [1.29, 1.82) is 5.26 Å².